The van der Waals surface area contributed by atoms with Crippen LogP contribution in [0.4, 0.5) is 5.69 Å². The van der Waals surface area contributed by atoms with Crippen LogP contribution in [-0.2, 0) is 4.79 Å². The van der Waals surface area contributed by atoms with Gasteiger partial charge in [-0.3, -0.25) is 4.79 Å². The van der Waals surface area contributed by atoms with E-state index in [0.29, 0.717) is 18.6 Å². The van der Waals surface area contributed by atoms with E-state index in [1.807, 2.05) is 33.8 Å². The van der Waals surface area contributed by atoms with E-state index in [2.05, 4.69) is 27.8 Å². The van der Waals surface area contributed by atoms with E-state index in [4.69, 9.17) is 0 Å². The molecule has 1 N–H and O–H groups in total. The molecule has 1 aromatic carbocycles. The summed E-state index contributed by atoms with van der Waals surface area (Å²) < 4.78 is 1.91. The minimum Gasteiger partial charge on any atom is -0.376 e. The Bertz CT molecular complexity index is 736. The average Bonchev–Trinajstić information content (AvgIpc) is 3.37. The van der Waals surface area contributed by atoms with Crippen LogP contribution in [0, 0.1) is 0 Å². The highest BCUT2D eigenvalue weighted by molar-refractivity contribution is 5.81. The molecule has 1 aromatic heterocycles. The zero-order chi connectivity index (χ0) is 17.2. The molecule has 2 heterocycles. The number of hydrogen-bond acceptors (Lipinski definition) is 5. The Morgan fingerprint density at radius 1 is 1.20 bits per heavy atom. The Labute approximate surface area is 147 Å². The van der Waals surface area contributed by atoms with E-state index in [1.54, 1.807) is 0 Å². The van der Waals surface area contributed by atoms with Gasteiger partial charge in [-0.15, -0.1) is 5.10 Å². The van der Waals surface area contributed by atoms with Crippen molar-refractivity contribution in [2.75, 3.05) is 18.4 Å². The number of piperidine rings is 1. The fourth-order valence-electron chi connectivity index (χ4n) is 3.43. The van der Waals surface area contributed by atoms with Gasteiger partial charge in [-0.05, 0) is 73.7 Å². The van der Waals surface area contributed by atoms with Crippen LogP contribution in [0.5, 0.6) is 0 Å². The number of amides is 1. The normalized spacial score (nSPS) is 20.5. The summed E-state index contributed by atoms with van der Waals surface area (Å²) in [6.45, 7) is 3.35. The van der Waals surface area contributed by atoms with Gasteiger partial charge in [0, 0.05) is 23.8 Å². The molecule has 2 aliphatic rings. The third-order valence-corrected chi connectivity index (χ3v) is 5.10. The molecule has 4 rings (SSSR count). The third-order valence-electron chi connectivity index (χ3n) is 5.10. The van der Waals surface area contributed by atoms with Crippen LogP contribution in [0.15, 0.2) is 24.3 Å². The molecule has 7 nitrogen and oxygen atoms in total. The molecule has 0 spiro atoms. The van der Waals surface area contributed by atoms with Crippen molar-refractivity contribution in [2.45, 2.75) is 51.1 Å². The fraction of sp³-hybridized carbons (Fsp3) is 0.556. The van der Waals surface area contributed by atoms with E-state index in [-0.39, 0.29) is 5.91 Å². The summed E-state index contributed by atoms with van der Waals surface area (Å²) in [5.74, 6) is 0.987. The molecule has 1 saturated carbocycles. The number of nitrogens with one attached hydrogen (secondary N) is 1. The lowest BCUT2D eigenvalue weighted by Gasteiger charge is -2.33. The molecule has 7 heteroatoms. The summed E-state index contributed by atoms with van der Waals surface area (Å²) in [6.07, 6.45) is 5.74. The van der Waals surface area contributed by atoms with E-state index in [1.165, 1.54) is 6.42 Å². The minimum atomic E-state index is 0.175. The Morgan fingerprint density at radius 2 is 2.00 bits per heavy atom. The summed E-state index contributed by atoms with van der Waals surface area (Å²) >= 11 is 0. The smallest absolute Gasteiger partial charge is 0.242 e. The average molecular weight is 340 g/mol. The number of tetrazole rings is 1. The lowest BCUT2D eigenvalue weighted by Crippen LogP contribution is -2.44. The molecule has 132 valence electrons. The van der Waals surface area contributed by atoms with Crippen LogP contribution in [0.2, 0.25) is 0 Å². The molecular formula is C18H24N6O. The van der Waals surface area contributed by atoms with Gasteiger partial charge in [0.25, 0.3) is 0 Å². The number of anilines is 1. The Morgan fingerprint density at radius 3 is 2.72 bits per heavy atom. The van der Waals surface area contributed by atoms with Gasteiger partial charge in [0.2, 0.25) is 5.91 Å². The lowest BCUT2D eigenvalue weighted by molar-refractivity contribution is -0.132. The Balaban J connectivity index is 1.37. The number of nitrogens with zero attached hydrogens (tertiary/aromatic N) is 5. The van der Waals surface area contributed by atoms with Gasteiger partial charge in [-0.25, -0.2) is 4.68 Å². The van der Waals surface area contributed by atoms with Gasteiger partial charge in [0.1, 0.15) is 0 Å². The topological polar surface area (TPSA) is 75.9 Å². The van der Waals surface area contributed by atoms with E-state index in [9.17, 15) is 4.79 Å². The maximum absolute atomic E-state index is 12.4. The van der Waals surface area contributed by atoms with Crippen LogP contribution < -0.4 is 5.32 Å². The molecule has 0 radical (unpaired) electrons. The second-order valence-electron chi connectivity index (χ2n) is 7.04. The summed E-state index contributed by atoms with van der Waals surface area (Å²) in [5, 5.41) is 15.3. The van der Waals surface area contributed by atoms with E-state index < -0.39 is 0 Å². The second kappa shape index (κ2) is 6.82. The Kier molecular flexibility index (Phi) is 4.38. The first-order valence-electron chi connectivity index (χ1n) is 9.14. The van der Waals surface area contributed by atoms with Crippen molar-refractivity contribution in [3.05, 3.63) is 24.3 Å². The van der Waals surface area contributed by atoms with E-state index in [0.717, 1.165) is 49.3 Å². The summed E-state index contributed by atoms with van der Waals surface area (Å²) in [7, 11) is 0. The summed E-state index contributed by atoms with van der Waals surface area (Å²) in [5.41, 5.74) is 1.94. The predicted molar refractivity (Wildman–Crippen MR) is 95.0 cm³/mol. The SMILES string of the molecule is CC1CCCCN1C(=O)CNc1ccc(-c2nnnn2C2CC2)cc1. The van der Waals surface area contributed by atoms with Crippen LogP contribution in [0.3, 0.4) is 0 Å². The van der Waals surface area contributed by atoms with Gasteiger partial charge < -0.3 is 10.2 Å². The molecule has 0 bridgehead atoms. The molecule has 2 aromatic rings. The van der Waals surface area contributed by atoms with Crippen LogP contribution in [0.1, 0.15) is 45.1 Å². The highest BCUT2D eigenvalue weighted by Gasteiger charge is 2.28. The molecule has 1 aliphatic carbocycles. The second-order valence-corrected chi connectivity index (χ2v) is 7.04. The first-order chi connectivity index (χ1) is 12.2. The van der Waals surface area contributed by atoms with Crippen molar-refractivity contribution in [3.8, 4) is 11.4 Å². The van der Waals surface area contributed by atoms with Gasteiger partial charge in [-0.1, -0.05) is 0 Å². The van der Waals surface area contributed by atoms with Gasteiger partial charge in [0.05, 0.1) is 12.6 Å². The minimum absolute atomic E-state index is 0.175. The maximum Gasteiger partial charge on any atom is 0.242 e. The fourth-order valence-corrected chi connectivity index (χ4v) is 3.43. The van der Waals surface area contributed by atoms with E-state index >= 15 is 0 Å². The largest absolute Gasteiger partial charge is 0.376 e. The standard InChI is InChI=1S/C18H24N6O/c1-13-4-2-3-11-23(13)17(25)12-19-15-7-5-14(6-8-15)18-20-21-22-24(18)16-9-10-16/h5-8,13,16,19H,2-4,9-12H2,1H3. The van der Waals surface area contributed by atoms with Crippen molar-refractivity contribution >= 4 is 11.6 Å². The Hall–Kier alpha value is -2.44. The lowest BCUT2D eigenvalue weighted by atomic mass is 10.0. The third kappa shape index (κ3) is 3.50. The molecule has 1 unspecified atom stereocenters. The summed E-state index contributed by atoms with van der Waals surface area (Å²) in [4.78, 5) is 14.4. The number of hydrogen-bond donors (Lipinski definition) is 1. The molecule has 1 atom stereocenters. The van der Waals surface area contributed by atoms with Gasteiger partial charge in [0.15, 0.2) is 5.82 Å². The number of carbonyl (C=O) groups excluding carboxylic acids is 1. The first-order valence-corrected chi connectivity index (χ1v) is 9.14. The number of carbonyl (C=O) groups is 1. The molecular weight excluding hydrogens is 316 g/mol. The van der Waals surface area contributed by atoms with Crippen LogP contribution in [0.25, 0.3) is 11.4 Å². The number of rotatable bonds is 5. The highest BCUT2D eigenvalue weighted by atomic mass is 16.2. The maximum atomic E-state index is 12.4. The monoisotopic (exact) mass is 340 g/mol. The van der Waals surface area contributed by atoms with Crippen molar-refractivity contribution in [3.63, 3.8) is 0 Å². The quantitative estimate of drug-likeness (QED) is 0.905. The number of benzene rings is 1. The van der Waals surface area contributed by atoms with Crippen molar-refractivity contribution in [1.82, 2.24) is 25.1 Å². The van der Waals surface area contributed by atoms with Gasteiger partial charge in [-0.2, -0.15) is 0 Å². The van der Waals surface area contributed by atoms with Crippen LogP contribution in [-0.4, -0.2) is 50.1 Å². The molecule has 1 aliphatic heterocycles. The van der Waals surface area contributed by atoms with Crippen LogP contribution >= 0.6 is 0 Å². The summed E-state index contributed by atoms with van der Waals surface area (Å²) in [6, 6.07) is 8.77. The molecule has 1 saturated heterocycles. The van der Waals surface area contributed by atoms with Crippen molar-refractivity contribution < 1.29 is 4.79 Å². The molecule has 2 fully saturated rings. The predicted octanol–water partition coefficient (Wildman–Crippen LogP) is 2.49. The zero-order valence-corrected chi connectivity index (χ0v) is 14.6. The molecule has 1 amide bonds. The molecule has 25 heavy (non-hydrogen) atoms. The van der Waals surface area contributed by atoms with Crippen molar-refractivity contribution in [1.29, 1.82) is 0 Å². The number of likely N-dealkylation sites (tertiary alicyclic amines) is 1. The number of aromatic nitrogens is 4. The first kappa shape index (κ1) is 16.1. The van der Waals surface area contributed by atoms with Gasteiger partial charge >= 0.3 is 0 Å². The zero-order valence-electron chi connectivity index (χ0n) is 14.6. The van der Waals surface area contributed by atoms with Crippen molar-refractivity contribution in [2.24, 2.45) is 0 Å². The highest BCUT2D eigenvalue weighted by Crippen LogP contribution is 2.36.